The summed E-state index contributed by atoms with van der Waals surface area (Å²) >= 11 is 0. The second kappa shape index (κ2) is 7.20. The Morgan fingerprint density at radius 1 is 1.40 bits per heavy atom. The van der Waals surface area contributed by atoms with Gasteiger partial charge in [0, 0.05) is 28.1 Å². The first-order chi connectivity index (χ1) is 9.64. The molecule has 2 nitrogen and oxygen atoms in total. The summed E-state index contributed by atoms with van der Waals surface area (Å²) in [5.74, 6) is 0. The van der Waals surface area contributed by atoms with E-state index >= 15 is 0 Å². The summed E-state index contributed by atoms with van der Waals surface area (Å²) in [6.45, 7) is 3.02. The lowest BCUT2D eigenvalue weighted by molar-refractivity contribution is -0.0239. The Morgan fingerprint density at radius 3 is 2.75 bits per heavy atom. The molecule has 0 saturated carbocycles. The molecule has 0 bridgehead atoms. The van der Waals surface area contributed by atoms with Crippen LogP contribution in [-0.4, -0.2) is 28.1 Å². The fourth-order valence-electron chi connectivity index (χ4n) is 3.03. The third kappa shape index (κ3) is 4.04. The van der Waals surface area contributed by atoms with Gasteiger partial charge in [0.25, 0.3) is 0 Å². The van der Waals surface area contributed by atoms with Gasteiger partial charge in [-0.3, -0.25) is 0 Å². The molecule has 2 atom stereocenters. The van der Waals surface area contributed by atoms with E-state index in [1.165, 1.54) is 30.4 Å². The van der Waals surface area contributed by atoms with Gasteiger partial charge in [-0.15, -0.1) is 0 Å². The van der Waals surface area contributed by atoms with Crippen molar-refractivity contribution in [2.45, 2.75) is 50.3 Å². The van der Waals surface area contributed by atoms with Crippen molar-refractivity contribution >= 4 is 15.8 Å². The molecule has 0 spiro atoms. The number of benzene rings is 1. The maximum atomic E-state index is 6.43. The van der Waals surface area contributed by atoms with Crippen LogP contribution in [0.4, 0.5) is 0 Å². The Balaban J connectivity index is 1.95. The van der Waals surface area contributed by atoms with Gasteiger partial charge in [0.15, 0.2) is 0 Å². The van der Waals surface area contributed by atoms with Crippen molar-refractivity contribution in [2.24, 2.45) is 5.73 Å². The molecule has 110 valence electrons. The monoisotopic (exact) mass is 289 g/mol. The van der Waals surface area contributed by atoms with Gasteiger partial charge >= 0.3 is 0 Å². The molecule has 0 aliphatic carbocycles. The Bertz CT molecular complexity index is 438. The van der Waals surface area contributed by atoms with Crippen molar-refractivity contribution in [2.75, 3.05) is 6.61 Å². The molecule has 1 aromatic carbocycles. The molecule has 3 heteroatoms. The Morgan fingerprint density at radius 2 is 2.15 bits per heavy atom. The van der Waals surface area contributed by atoms with Crippen LogP contribution in [0.3, 0.4) is 0 Å². The van der Waals surface area contributed by atoms with E-state index in [0.717, 1.165) is 29.7 Å². The summed E-state index contributed by atoms with van der Waals surface area (Å²) in [5, 5.41) is 0.172. The average molecular weight is 289 g/mol. The third-order valence-corrected chi connectivity index (χ3v) is 5.64. The molecule has 2 unspecified atom stereocenters. The smallest absolute Gasteiger partial charge is 0.0486 e. The van der Waals surface area contributed by atoms with E-state index in [0.29, 0.717) is 0 Å². The maximum Gasteiger partial charge on any atom is 0.0486 e. The lowest BCUT2D eigenvalue weighted by atomic mass is 9.93. The van der Waals surface area contributed by atoms with Gasteiger partial charge < -0.3 is 10.5 Å². The molecule has 1 aromatic rings. The van der Waals surface area contributed by atoms with Crippen molar-refractivity contribution in [3.8, 4) is 0 Å². The minimum Gasteiger partial charge on any atom is -0.380 e. The van der Waals surface area contributed by atoms with Gasteiger partial charge in [-0.25, -0.2) is 0 Å². The zero-order chi connectivity index (χ0) is 14.4. The van der Waals surface area contributed by atoms with Gasteiger partial charge in [-0.05, 0) is 50.2 Å². The molecule has 0 aromatic heterocycles. The Kier molecular flexibility index (Phi) is 5.58. The molecule has 2 N–H and O–H groups in total. The molecule has 1 fully saturated rings. The normalized spacial score (nSPS) is 25.6. The van der Waals surface area contributed by atoms with Gasteiger partial charge in [-0.1, -0.05) is 36.4 Å². The highest BCUT2D eigenvalue weighted by molar-refractivity contribution is 6.14. The van der Waals surface area contributed by atoms with Crippen LogP contribution in [0.2, 0.25) is 0 Å². The summed E-state index contributed by atoms with van der Waals surface area (Å²) in [4.78, 5) is 0. The van der Waals surface area contributed by atoms with E-state index in [4.69, 9.17) is 10.5 Å². The van der Waals surface area contributed by atoms with E-state index in [2.05, 4.69) is 37.3 Å². The van der Waals surface area contributed by atoms with Crippen molar-refractivity contribution in [1.29, 1.82) is 0 Å². The molecule has 0 radical (unpaired) electrons. The van der Waals surface area contributed by atoms with Crippen LogP contribution in [-0.2, 0) is 4.74 Å². The van der Waals surface area contributed by atoms with E-state index in [1.54, 1.807) is 0 Å². The lowest BCUT2D eigenvalue weighted by Crippen LogP contribution is -2.38. The largest absolute Gasteiger partial charge is 0.380 e. The zero-order valence-corrected chi connectivity index (χ0v) is 14.8. The summed E-state index contributed by atoms with van der Waals surface area (Å²) in [6, 6.07) is 10.6. The topological polar surface area (TPSA) is 35.2 Å². The highest BCUT2D eigenvalue weighted by Crippen LogP contribution is 2.29. The molecule has 1 aliphatic heterocycles. The highest BCUT2D eigenvalue weighted by atomic mass is 28.1. The summed E-state index contributed by atoms with van der Waals surface area (Å²) in [5.41, 5.74) is 8.93. The molecule has 1 aliphatic rings. The van der Waals surface area contributed by atoms with Crippen molar-refractivity contribution in [3.63, 3.8) is 0 Å². The van der Waals surface area contributed by atoms with Crippen molar-refractivity contribution in [3.05, 3.63) is 42.0 Å². The first kappa shape index (κ1) is 15.5. The number of hydrogen-bond acceptors (Lipinski definition) is 2. The fraction of sp³-hybridized carbons (Fsp3) is 0.529. The number of ether oxygens (including phenoxy) is 1. The second-order valence-corrected chi connectivity index (χ2v) is 7.83. The first-order valence-electron chi connectivity index (χ1n) is 7.76. The number of rotatable bonds is 5. The van der Waals surface area contributed by atoms with E-state index in [-0.39, 0.29) is 11.3 Å². The van der Waals surface area contributed by atoms with Crippen LogP contribution < -0.4 is 5.73 Å². The highest BCUT2D eigenvalue weighted by Gasteiger charge is 2.28. The average Bonchev–Trinajstić information content (AvgIpc) is 2.48. The standard InChI is InChI=1S/C17H27NOSi/c1-2-15(14-8-4-3-5-9-14)16(18)10-12-17(20)11-6-7-13-19-17/h2-5,8-9,16H,6-7,10-13,18H2,1,20H3. The van der Waals surface area contributed by atoms with Gasteiger partial charge in [0.1, 0.15) is 0 Å². The Hall–Kier alpha value is -0.903. The van der Waals surface area contributed by atoms with Crippen LogP contribution in [0.5, 0.6) is 0 Å². The van der Waals surface area contributed by atoms with Crippen molar-refractivity contribution < 1.29 is 4.74 Å². The predicted molar refractivity (Wildman–Crippen MR) is 89.8 cm³/mol. The van der Waals surface area contributed by atoms with Crippen LogP contribution in [0.15, 0.2) is 36.4 Å². The third-order valence-electron chi connectivity index (χ3n) is 4.35. The molecule has 1 heterocycles. The quantitative estimate of drug-likeness (QED) is 0.845. The number of hydrogen-bond donors (Lipinski definition) is 1. The van der Waals surface area contributed by atoms with E-state index in [1.807, 2.05) is 6.07 Å². The van der Waals surface area contributed by atoms with Crippen molar-refractivity contribution in [1.82, 2.24) is 0 Å². The summed E-state index contributed by atoms with van der Waals surface area (Å²) < 4.78 is 6.02. The number of allylic oxidation sites excluding steroid dienone is 1. The molecular formula is C17H27NOSi. The van der Waals surface area contributed by atoms with Gasteiger partial charge in [-0.2, -0.15) is 0 Å². The SMILES string of the molecule is CC=C(c1ccccc1)C(N)CCC1([SiH3])CCCCO1. The van der Waals surface area contributed by atoms with E-state index in [9.17, 15) is 0 Å². The Labute approximate surface area is 125 Å². The second-order valence-electron chi connectivity index (χ2n) is 6.01. The first-order valence-corrected chi connectivity index (χ1v) is 8.76. The fourth-order valence-corrected chi connectivity index (χ4v) is 3.88. The molecular weight excluding hydrogens is 262 g/mol. The van der Waals surface area contributed by atoms with Crippen LogP contribution in [0.1, 0.15) is 44.6 Å². The summed E-state index contributed by atoms with van der Waals surface area (Å²) in [6.07, 6.45) is 8.03. The van der Waals surface area contributed by atoms with Crippen LogP contribution in [0, 0.1) is 0 Å². The van der Waals surface area contributed by atoms with Crippen LogP contribution in [0.25, 0.3) is 5.57 Å². The molecule has 0 amide bonds. The summed E-state index contributed by atoms with van der Waals surface area (Å²) in [7, 11) is 1.11. The van der Waals surface area contributed by atoms with Gasteiger partial charge in [0.05, 0.1) is 0 Å². The van der Waals surface area contributed by atoms with Crippen LogP contribution >= 0.6 is 0 Å². The van der Waals surface area contributed by atoms with E-state index < -0.39 is 0 Å². The van der Waals surface area contributed by atoms with Gasteiger partial charge in [0.2, 0.25) is 0 Å². The maximum absolute atomic E-state index is 6.43. The minimum atomic E-state index is 0.110. The zero-order valence-electron chi connectivity index (χ0n) is 12.8. The lowest BCUT2D eigenvalue weighted by Gasteiger charge is -2.35. The number of nitrogens with two attached hydrogens (primary N) is 1. The molecule has 2 rings (SSSR count). The predicted octanol–water partition coefficient (Wildman–Crippen LogP) is 2.46. The molecule has 1 saturated heterocycles. The minimum absolute atomic E-state index is 0.110. The molecule has 20 heavy (non-hydrogen) atoms.